The van der Waals surface area contributed by atoms with E-state index >= 15 is 0 Å². The van der Waals surface area contributed by atoms with Crippen molar-refractivity contribution < 1.29 is 22.4 Å². The molecule has 0 bridgehead atoms. The number of aromatic nitrogens is 6. The number of carbonyl (C=O) groups excluding carboxylic acids is 1. The van der Waals surface area contributed by atoms with E-state index in [1.165, 1.54) is 35.2 Å². The van der Waals surface area contributed by atoms with Gasteiger partial charge >= 0.3 is 6.18 Å². The molecule has 0 radical (unpaired) electrons. The summed E-state index contributed by atoms with van der Waals surface area (Å²) in [6.07, 6.45) is -0.513. The molecular formula is C23H19F4N7O. The van der Waals surface area contributed by atoms with Crippen LogP contribution in [0.15, 0.2) is 61.2 Å². The van der Waals surface area contributed by atoms with Crippen molar-refractivity contribution >= 4 is 5.91 Å². The third kappa shape index (κ3) is 5.00. The van der Waals surface area contributed by atoms with Gasteiger partial charge in [0, 0.05) is 37.0 Å². The second-order valence-electron chi connectivity index (χ2n) is 7.76. The Kier molecular flexibility index (Phi) is 6.54. The van der Waals surface area contributed by atoms with Crippen LogP contribution < -0.4 is 0 Å². The van der Waals surface area contributed by atoms with Crippen LogP contribution in [-0.2, 0) is 17.5 Å². The predicted molar refractivity (Wildman–Crippen MR) is 115 cm³/mol. The lowest BCUT2D eigenvalue weighted by molar-refractivity contribution is -0.137. The van der Waals surface area contributed by atoms with E-state index in [9.17, 15) is 22.4 Å². The van der Waals surface area contributed by atoms with Crippen molar-refractivity contribution in [2.75, 3.05) is 0 Å². The summed E-state index contributed by atoms with van der Waals surface area (Å²) in [5.41, 5.74) is 0.513. The van der Waals surface area contributed by atoms with Gasteiger partial charge in [-0.1, -0.05) is 18.2 Å². The molecule has 8 nitrogen and oxygen atoms in total. The first-order valence-electron chi connectivity index (χ1n) is 10.4. The molecule has 0 aliphatic rings. The monoisotopic (exact) mass is 485 g/mol. The van der Waals surface area contributed by atoms with Gasteiger partial charge in [0.25, 0.3) is 0 Å². The van der Waals surface area contributed by atoms with Gasteiger partial charge in [0.2, 0.25) is 5.91 Å². The van der Waals surface area contributed by atoms with Gasteiger partial charge in [-0.05, 0) is 47.2 Å². The van der Waals surface area contributed by atoms with Crippen molar-refractivity contribution in [3.05, 3.63) is 95.1 Å². The molecule has 4 rings (SSSR count). The molecule has 0 saturated carbocycles. The molecule has 0 aliphatic carbocycles. The molecule has 0 saturated heterocycles. The van der Waals surface area contributed by atoms with Crippen LogP contribution in [0.2, 0.25) is 0 Å². The van der Waals surface area contributed by atoms with Gasteiger partial charge in [-0.3, -0.25) is 4.79 Å². The van der Waals surface area contributed by atoms with E-state index in [-0.39, 0.29) is 11.4 Å². The Labute approximate surface area is 197 Å². The minimum absolute atomic E-state index is 0.177. The van der Waals surface area contributed by atoms with Gasteiger partial charge in [-0.25, -0.2) is 14.4 Å². The van der Waals surface area contributed by atoms with E-state index < -0.39 is 36.1 Å². The van der Waals surface area contributed by atoms with Crippen LogP contribution in [0.4, 0.5) is 17.6 Å². The number of carbonyl (C=O) groups is 1. The van der Waals surface area contributed by atoms with E-state index in [1.807, 2.05) is 19.1 Å². The van der Waals surface area contributed by atoms with E-state index in [0.29, 0.717) is 23.4 Å². The maximum absolute atomic E-state index is 14.6. The Hall–Kier alpha value is -4.22. The summed E-state index contributed by atoms with van der Waals surface area (Å²) in [6, 6.07) is 8.29. The smallest absolute Gasteiger partial charge is 0.324 e. The zero-order valence-electron chi connectivity index (χ0n) is 18.6. The molecule has 2 aromatic heterocycles. The number of hydrogen-bond acceptors (Lipinski definition) is 6. The quantitative estimate of drug-likeness (QED) is 0.383. The number of amides is 1. The summed E-state index contributed by atoms with van der Waals surface area (Å²) < 4.78 is 55.8. The molecule has 0 spiro atoms. The van der Waals surface area contributed by atoms with Crippen LogP contribution in [-0.4, -0.2) is 41.0 Å². The van der Waals surface area contributed by atoms with Crippen LogP contribution in [0.25, 0.3) is 5.69 Å². The van der Waals surface area contributed by atoms with E-state index in [2.05, 4.69) is 25.5 Å². The molecule has 180 valence electrons. The average molecular weight is 485 g/mol. The Morgan fingerprint density at radius 3 is 2.49 bits per heavy atom. The first-order valence-corrected chi connectivity index (χ1v) is 10.4. The average Bonchev–Trinajstić information content (AvgIpc) is 3.29. The second-order valence-corrected chi connectivity index (χ2v) is 7.76. The molecule has 1 unspecified atom stereocenters. The van der Waals surface area contributed by atoms with Crippen LogP contribution >= 0.6 is 0 Å². The number of benzene rings is 2. The Balaban J connectivity index is 1.86. The highest BCUT2D eigenvalue weighted by atomic mass is 19.4. The first-order chi connectivity index (χ1) is 16.7. The molecule has 35 heavy (non-hydrogen) atoms. The number of alkyl halides is 3. The van der Waals surface area contributed by atoms with E-state index in [0.717, 1.165) is 11.6 Å². The minimum atomic E-state index is -4.68. The van der Waals surface area contributed by atoms with Crippen LogP contribution in [0.1, 0.15) is 41.0 Å². The van der Waals surface area contributed by atoms with E-state index in [1.54, 1.807) is 12.1 Å². The molecule has 1 amide bonds. The van der Waals surface area contributed by atoms with E-state index in [4.69, 9.17) is 0 Å². The van der Waals surface area contributed by atoms with Crippen molar-refractivity contribution in [2.45, 2.75) is 32.6 Å². The highest BCUT2D eigenvalue weighted by molar-refractivity contribution is 5.74. The lowest BCUT2D eigenvalue weighted by Crippen LogP contribution is -2.35. The molecule has 0 fully saturated rings. The summed E-state index contributed by atoms with van der Waals surface area (Å²) in [6.45, 7) is 2.59. The summed E-state index contributed by atoms with van der Waals surface area (Å²) >= 11 is 0. The number of rotatable bonds is 6. The van der Waals surface area contributed by atoms with Crippen molar-refractivity contribution in [3.8, 4) is 5.69 Å². The lowest BCUT2D eigenvalue weighted by atomic mass is 10.0. The van der Waals surface area contributed by atoms with Crippen LogP contribution in [0, 0.1) is 12.7 Å². The zero-order chi connectivity index (χ0) is 25.2. The molecule has 1 atom stereocenters. The normalized spacial score (nSPS) is 12.4. The van der Waals surface area contributed by atoms with Gasteiger partial charge in [-0.15, -0.1) is 5.10 Å². The van der Waals surface area contributed by atoms with Crippen molar-refractivity contribution in [3.63, 3.8) is 0 Å². The Morgan fingerprint density at radius 2 is 1.83 bits per heavy atom. The molecule has 2 aromatic carbocycles. The highest BCUT2D eigenvalue weighted by Crippen LogP contribution is 2.33. The fourth-order valence-electron chi connectivity index (χ4n) is 3.70. The van der Waals surface area contributed by atoms with Crippen molar-refractivity contribution in [1.29, 1.82) is 0 Å². The number of aryl methyl sites for hydroxylation is 1. The fourth-order valence-corrected chi connectivity index (χ4v) is 3.70. The largest absolute Gasteiger partial charge is 0.416 e. The van der Waals surface area contributed by atoms with Crippen LogP contribution in [0.3, 0.4) is 0 Å². The molecule has 0 aliphatic heterocycles. The number of tetrazole rings is 1. The molecule has 4 aromatic rings. The number of nitrogens with zero attached hydrogens (tertiary/aromatic N) is 7. The third-order valence-corrected chi connectivity index (χ3v) is 5.41. The maximum Gasteiger partial charge on any atom is 0.416 e. The van der Waals surface area contributed by atoms with Gasteiger partial charge in [0.1, 0.15) is 18.2 Å². The summed E-state index contributed by atoms with van der Waals surface area (Å²) in [7, 11) is 0. The topological polar surface area (TPSA) is 89.7 Å². The maximum atomic E-state index is 14.6. The molecule has 0 N–H and O–H groups in total. The summed E-state index contributed by atoms with van der Waals surface area (Å²) in [4.78, 5) is 22.0. The van der Waals surface area contributed by atoms with Gasteiger partial charge in [0.15, 0.2) is 5.82 Å². The SMILES string of the molecule is CC(=O)N(Cc1cc(C(F)(F)F)ccc1F)C(c1cncnc1)c1nnnn1-c1ccccc1C. The molecule has 12 heteroatoms. The standard InChI is InChI=1S/C23H19F4N7O/c1-14-5-3-4-6-20(14)34-22(30-31-32-34)21(17-10-28-13-29-11-17)33(15(2)35)12-16-9-18(23(25,26)27)7-8-19(16)24/h3-11,13,21H,12H2,1-2H3. The zero-order valence-corrected chi connectivity index (χ0v) is 18.6. The number of halogens is 4. The number of hydrogen-bond donors (Lipinski definition) is 0. The van der Waals surface area contributed by atoms with Gasteiger partial charge < -0.3 is 4.90 Å². The van der Waals surface area contributed by atoms with Crippen molar-refractivity contribution in [2.24, 2.45) is 0 Å². The first kappa shape index (κ1) is 23.9. The minimum Gasteiger partial charge on any atom is -0.324 e. The number of para-hydroxylation sites is 1. The second kappa shape index (κ2) is 9.57. The highest BCUT2D eigenvalue weighted by Gasteiger charge is 2.34. The molecular weight excluding hydrogens is 466 g/mol. The van der Waals surface area contributed by atoms with Crippen molar-refractivity contribution in [1.82, 2.24) is 35.1 Å². The predicted octanol–water partition coefficient (Wildman–Crippen LogP) is 4.06. The Bertz CT molecular complexity index is 1340. The van der Waals surface area contributed by atoms with Crippen LogP contribution in [0.5, 0.6) is 0 Å². The Morgan fingerprint density at radius 1 is 1.11 bits per heavy atom. The summed E-state index contributed by atoms with van der Waals surface area (Å²) in [5.74, 6) is -1.25. The summed E-state index contributed by atoms with van der Waals surface area (Å²) in [5, 5.41) is 11.9. The lowest BCUT2D eigenvalue weighted by Gasteiger charge is -2.30. The fraction of sp³-hybridized carbons (Fsp3) is 0.217. The van der Waals surface area contributed by atoms with Gasteiger partial charge in [0.05, 0.1) is 11.3 Å². The van der Waals surface area contributed by atoms with Gasteiger partial charge in [-0.2, -0.15) is 17.9 Å². The third-order valence-electron chi connectivity index (χ3n) is 5.41. The molecule has 2 heterocycles.